The van der Waals surface area contributed by atoms with Gasteiger partial charge in [-0.25, -0.2) is 0 Å². The van der Waals surface area contributed by atoms with E-state index in [0.717, 1.165) is 74.9 Å². The Hall–Kier alpha value is -2.81. The number of rotatable bonds is 3. The van der Waals surface area contributed by atoms with Gasteiger partial charge in [0.2, 0.25) is 17.7 Å². The van der Waals surface area contributed by atoms with E-state index in [0.29, 0.717) is 50.6 Å². The van der Waals surface area contributed by atoms with Gasteiger partial charge in [0.25, 0.3) is 0 Å². The number of fused-ring (bicyclic) bond motifs is 6. The lowest BCUT2D eigenvalue weighted by atomic mass is 9.77. The lowest BCUT2D eigenvalue weighted by Crippen LogP contribution is -2.61. The van der Waals surface area contributed by atoms with Crippen molar-refractivity contribution in [1.29, 1.82) is 0 Å². The maximum absolute atomic E-state index is 13.7. The van der Waals surface area contributed by atoms with Crippen LogP contribution >= 0.6 is 0 Å². The van der Waals surface area contributed by atoms with Crippen LogP contribution in [-0.2, 0) is 27.2 Å². The summed E-state index contributed by atoms with van der Waals surface area (Å²) in [6.45, 7) is 3.63. The molecule has 0 aromatic heterocycles. The van der Waals surface area contributed by atoms with Crippen LogP contribution in [-0.4, -0.2) is 86.5 Å². The van der Waals surface area contributed by atoms with E-state index in [1.165, 1.54) is 0 Å². The van der Waals surface area contributed by atoms with Gasteiger partial charge in [0.1, 0.15) is 0 Å². The third-order valence-electron chi connectivity index (χ3n) is 9.05. The molecule has 4 heterocycles. The normalized spacial score (nSPS) is 28.5. The summed E-state index contributed by atoms with van der Waals surface area (Å²) in [6, 6.07) is 4.09. The summed E-state index contributed by atoms with van der Waals surface area (Å²) in [5.74, 6) is 2.39. The molecule has 3 amide bonds. The van der Waals surface area contributed by atoms with Gasteiger partial charge in [-0.1, -0.05) is 6.07 Å². The molecule has 0 spiro atoms. The fourth-order valence-electron chi connectivity index (χ4n) is 7.20. The first-order chi connectivity index (χ1) is 19.0. The Labute approximate surface area is 231 Å². The molecular formula is C30H44N4O5. The Balaban J connectivity index is 1.35. The third-order valence-corrected chi connectivity index (χ3v) is 9.05. The number of methoxy groups -OCH3 is 2. The Morgan fingerprint density at radius 1 is 0.923 bits per heavy atom. The van der Waals surface area contributed by atoms with Gasteiger partial charge in [-0.15, -0.1) is 0 Å². The lowest BCUT2D eigenvalue weighted by Gasteiger charge is -2.51. The molecule has 1 aromatic carbocycles. The highest BCUT2D eigenvalue weighted by molar-refractivity contribution is 5.82. The van der Waals surface area contributed by atoms with Crippen LogP contribution in [0.2, 0.25) is 0 Å². The number of amides is 3. The van der Waals surface area contributed by atoms with Gasteiger partial charge in [-0.2, -0.15) is 0 Å². The average Bonchev–Trinajstić information content (AvgIpc) is 3.48. The largest absolute Gasteiger partial charge is 0.493 e. The zero-order chi connectivity index (χ0) is 27.4. The number of piperidine rings is 2. The molecule has 0 aliphatic carbocycles. The minimum atomic E-state index is -0.0614. The number of benzene rings is 1. The lowest BCUT2D eigenvalue weighted by molar-refractivity contribution is -0.146. The van der Waals surface area contributed by atoms with Crippen molar-refractivity contribution in [3.63, 3.8) is 0 Å². The number of carbonyl (C=O) groups is 3. The molecule has 4 bridgehead atoms. The molecule has 9 nitrogen and oxygen atoms in total. The molecule has 4 atom stereocenters. The van der Waals surface area contributed by atoms with Crippen molar-refractivity contribution in [2.45, 2.75) is 76.3 Å². The standard InChI is InChI=1S/C30H44N4O5/c1-38-26-16-20-10-11-28(36)34-18-21-15-23(19-33(17-21)30(37)24-7-5-12-31-24)25(34)8-3-9-27(35)32-13-4-6-22(14-20)29(26)39-2/h14,16,21,23-25,31H,3-13,15,17-19H2,1-2H3,(H,32,35)/t21-,23+,24-,25-/m0/s1. The molecule has 1 aromatic rings. The van der Waals surface area contributed by atoms with Crippen molar-refractivity contribution in [2.24, 2.45) is 11.8 Å². The third kappa shape index (κ3) is 6.34. The molecule has 9 heteroatoms. The van der Waals surface area contributed by atoms with E-state index in [4.69, 9.17) is 9.47 Å². The van der Waals surface area contributed by atoms with E-state index in [1.807, 2.05) is 6.07 Å². The number of carbonyl (C=O) groups excluding carboxylic acids is 3. The highest BCUT2D eigenvalue weighted by atomic mass is 16.5. The fraction of sp³-hybridized carbons (Fsp3) is 0.700. The van der Waals surface area contributed by atoms with Gasteiger partial charge in [0, 0.05) is 45.1 Å². The Kier molecular flexibility index (Phi) is 8.95. The van der Waals surface area contributed by atoms with Gasteiger partial charge in [0.05, 0.1) is 20.3 Å². The summed E-state index contributed by atoms with van der Waals surface area (Å²) in [7, 11) is 3.28. The minimum Gasteiger partial charge on any atom is -0.493 e. The predicted octanol–water partition coefficient (Wildman–Crippen LogP) is 2.30. The van der Waals surface area contributed by atoms with Crippen LogP contribution in [0.25, 0.3) is 0 Å². The fourth-order valence-corrected chi connectivity index (χ4v) is 7.20. The Bertz CT molecular complexity index is 1060. The summed E-state index contributed by atoms with van der Waals surface area (Å²) < 4.78 is 11.3. The van der Waals surface area contributed by atoms with Crippen molar-refractivity contribution < 1.29 is 23.9 Å². The van der Waals surface area contributed by atoms with Crippen LogP contribution in [0.1, 0.15) is 62.5 Å². The molecule has 0 radical (unpaired) electrons. The first kappa shape index (κ1) is 27.7. The number of aryl methyl sites for hydroxylation is 2. The Morgan fingerprint density at radius 2 is 1.79 bits per heavy atom. The monoisotopic (exact) mass is 540 g/mol. The molecule has 2 N–H and O–H groups in total. The van der Waals surface area contributed by atoms with Crippen LogP contribution in [0.15, 0.2) is 12.1 Å². The molecule has 3 fully saturated rings. The van der Waals surface area contributed by atoms with E-state index in [9.17, 15) is 14.4 Å². The number of ether oxygens (including phenoxy) is 2. The van der Waals surface area contributed by atoms with Gasteiger partial charge < -0.3 is 29.9 Å². The number of nitrogens with zero attached hydrogens (tertiary/aromatic N) is 2. The maximum atomic E-state index is 13.7. The average molecular weight is 541 g/mol. The first-order valence-corrected chi connectivity index (χ1v) is 14.8. The van der Waals surface area contributed by atoms with Gasteiger partial charge in [0.15, 0.2) is 11.5 Å². The highest BCUT2D eigenvalue weighted by Gasteiger charge is 2.44. The molecular weight excluding hydrogens is 496 g/mol. The van der Waals surface area contributed by atoms with E-state index in [-0.39, 0.29) is 35.7 Å². The maximum Gasteiger partial charge on any atom is 0.239 e. The van der Waals surface area contributed by atoms with Gasteiger partial charge in [-0.05, 0) is 86.9 Å². The molecule has 0 unspecified atom stereocenters. The van der Waals surface area contributed by atoms with E-state index in [2.05, 4.69) is 26.5 Å². The van der Waals surface area contributed by atoms with E-state index >= 15 is 0 Å². The van der Waals surface area contributed by atoms with Crippen LogP contribution in [0, 0.1) is 11.8 Å². The SMILES string of the molecule is COc1cc2cc(c1OC)CCCNC(=O)CCC[C@H]1[C@@H]3C[C@@H](CN(C(=O)[C@@H]4CCCN4)C3)CN1C(=O)CC2. The minimum absolute atomic E-state index is 0.0553. The molecule has 4 aliphatic heterocycles. The van der Waals surface area contributed by atoms with Crippen molar-refractivity contribution >= 4 is 17.7 Å². The topological polar surface area (TPSA) is 100 Å². The van der Waals surface area contributed by atoms with Crippen molar-refractivity contribution in [3.8, 4) is 11.5 Å². The zero-order valence-electron chi connectivity index (χ0n) is 23.5. The van der Waals surface area contributed by atoms with Crippen molar-refractivity contribution in [1.82, 2.24) is 20.4 Å². The molecule has 214 valence electrons. The second-order valence-electron chi connectivity index (χ2n) is 11.7. The molecule has 4 aliphatic rings. The quantitative estimate of drug-likeness (QED) is 0.611. The Morgan fingerprint density at radius 3 is 2.56 bits per heavy atom. The van der Waals surface area contributed by atoms with Crippen LogP contribution < -0.4 is 20.1 Å². The molecule has 39 heavy (non-hydrogen) atoms. The van der Waals surface area contributed by atoms with Crippen LogP contribution in [0.3, 0.4) is 0 Å². The summed E-state index contributed by atoms with van der Waals surface area (Å²) in [4.78, 5) is 43.7. The number of hydrogen-bond acceptors (Lipinski definition) is 6. The summed E-state index contributed by atoms with van der Waals surface area (Å²) in [6.07, 6.45) is 7.61. The summed E-state index contributed by atoms with van der Waals surface area (Å²) in [5, 5.41) is 6.42. The second-order valence-corrected chi connectivity index (χ2v) is 11.7. The first-order valence-electron chi connectivity index (χ1n) is 14.8. The van der Waals surface area contributed by atoms with Crippen molar-refractivity contribution in [3.05, 3.63) is 23.3 Å². The van der Waals surface area contributed by atoms with Gasteiger partial charge in [-0.3, -0.25) is 14.4 Å². The number of hydrogen-bond donors (Lipinski definition) is 2. The molecule has 3 saturated heterocycles. The van der Waals surface area contributed by atoms with Crippen molar-refractivity contribution in [2.75, 3.05) is 46.9 Å². The zero-order valence-corrected chi connectivity index (χ0v) is 23.5. The van der Waals surface area contributed by atoms with E-state index < -0.39 is 0 Å². The summed E-state index contributed by atoms with van der Waals surface area (Å²) >= 11 is 0. The highest BCUT2D eigenvalue weighted by Crippen LogP contribution is 2.37. The number of likely N-dealkylation sites (tertiary alicyclic amines) is 1. The smallest absolute Gasteiger partial charge is 0.239 e. The van der Waals surface area contributed by atoms with Crippen LogP contribution in [0.4, 0.5) is 0 Å². The summed E-state index contributed by atoms with van der Waals surface area (Å²) in [5.41, 5.74) is 2.09. The number of nitrogens with one attached hydrogen (secondary N) is 2. The molecule has 0 saturated carbocycles. The van der Waals surface area contributed by atoms with Crippen LogP contribution in [0.5, 0.6) is 11.5 Å². The predicted molar refractivity (Wildman–Crippen MR) is 148 cm³/mol. The second kappa shape index (κ2) is 12.6. The van der Waals surface area contributed by atoms with Gasteiger partial charge >= 0.3 is 0 Å². The van der Waals surface area contributed by atoms with E-state index in [1.54, 1.807) is 14.2 Å². The molecule has 5 rings (SSSR count).